The van der Waals surface area contributed by atoms with Crippen molar-refractivity contribution < 1.29 is 28.7 Å². The van der Waals surface area contributed by atoms with Gasteiger partial charge in [0.15, 0.2) is 0 Å². The standard InChI is InChI=1S/C19H22N2O7/c1-12(2)28-19(23)16-11-20-10-15(18(22)27-8-7-26-3)17(16)13-5-4-6-14(9-13)21(24)25/h4-6,9-12,17,20H,7-8H2,1-3H3/t17-/m1/s1. The number of nitrogens with one attached hydrogen (secondary N) is 1. The molecule has 1 aromatic carbocycles. The Morgan fingerprint density at radius 1 is 1.18 bits per heavy atom. The van der Waals surface area contributed by atoms with Gasteiger partial charge in [-0.3, -0.25) is 10.1 Å². The molecular weight excluding hydrogens is 368 g/mol. The van der Waals surface area contributed by atoms with Gasteiger partial charge in [0.05, 0.1) is 34.7 Å². The number of hydrogen-bond donors (Lipinski definition) is 1. The van der Waals surface area contributed by atoms with Crippen molar-refractivity contribution in [1.82, 2.24) is 5.32 Å². The Labute approximate surface area is 162 Å². The number of rotatable bonds is 8. The van der Waals surface area contributed by atoms with Gasteiger partial charge in [0.1, 0.15) is 6.61 Å². The molecule has 150 valence electrons. The fourth-order valence-corrected chi connectivity index (χ4v) is 2.67. The molecule has 1 N–H and O–H groups in total. The zero-order valence-electron chi connectivity index (χ0n) is 15.8. The van der Waals surface area contributed by atoms with E-state index in [4.69, 9.17) is 14.2 Å². The topological polar surface area (TPSA) is 117 Å². The molecule has 1 atom stereocenters. The number of nitro benzene ring substituents is 1. The molecule has 0 amide bonds. The molecular formula is C19H22N2O7. The average molecular weight is 390 g/mol. The highest BCUT2D eigenvalue weighted by molar-refractivity contribution is 5.98. The molecule has 2 rings (SSSR count). The summed E-state index contributed by atoms with van der Waals surface area (Å²) in [5, 5.41) is 13.9. The molecule has 0 fully saturated rings. The highest BCUT2D eigenvalue weighted by atomic mass is 16.6. The number of nitrogens with zero attached hydrogens (tertiary/aromatic N) is 1. The molecule has 0 radical (unpaired) electrons. The lowest BCUT2D eigenvalue weighted by molar-refractivity contribution is -0.384. The summed E-state index contributed by atoms with van der Waals surface area (Å²) in [4.78, 5) is 35.8. The maximum atomic E-state index is 12.6. The summed E-state index contributed by atoms with van der Waals surface area (Å²) < 4.78 is 15.3. The molecule has 9 heteroatoms. The van der Waals surface area contributed by atoms with Gasteiger partial charge in [-0.15, -0.1) is 0 Å². The number of hydrogen-bond acceptors (Lipinski definition) is 8. The number of non-ortho nitro benzene ring substituents is 1. The second kappa shape index (κ2) is 9.65. The van der Waals surface area contributed by atoms with Gasteiger partial charge in [-0.05, 0) is 19.4 Å². The molecule has 1 aromatic rings. The van der Waals surface area contributed by atoms with Crippen LogP contribution in [0.5, 0.6) is 0 Å². The van der Waals surface area contributed by atoms with E-state index in [1.165, 1.54) is 37.7 Å². The van der Waals surface area contributed by atoms with E-state index in [0.717, 1.165) is 0 Å². The SMILES string of the molecule is COCCOC(=O)C1=CNC=C(C(=O)OC(C)C)[C@@H]1c1cccc([N+](=O)[O-])c1. The molecule has 28 heavy (non-hydrogen) atoms. The van der Waals surface area contributed by atoms with Gasteiger partial charge in [0.2, 0.25) is 0 Å². The van der Waals surface area contributed by atoms with Gasteiger partial charge in [-0.2, -0.15) is 0 Å². The Kier molecular flexibility index (Phi) is 7.28. The normalized spacial score (nSPS) is 15.9. The maximum Gasteiger partial charge on any atom is 0.336 e. The minimum absolute atomic E-state index is 0.0316. The number of carbonyl (C=O) groups excluding carboxylic acids is 2. The van der Waals surface area contributed by atoms with Gasteiger partial charge >= 0.3 is 11.9 Å². The minimum atomic E-state index is -0.873. The summed E-state index contributed by atoms with van der Waals surface area (Å²) >= 11 is 0. The van der Waals surface area contributed by atoms with E-state index >= 15 is 0 Å². The van der Waals surface area contributed by atoms with Crippen LogP contribution in [0.2, 0.25) is 0 Å². The number of benzene rings is 1. The number of carbonyl (C=O) groups is 2. The monoisotopic (exact) mass is 390 g/mol. The van der Waals surface area contributed by atoms with Crippen molar-refractivity contribution in [1.29, 1.82) is 0 Å². The fraction of sp³-hybridized carbons (Fsp3) is 0.368. The van der Waals surface area contributed by atoms with Gasteiger partial charge < -0.3 is 19.5 Å². The highest BCUT2D eigenvalue weighted by Gasteiger charge is 2.35. The molecule has 0 saturated heterocycles. The molecule has 0 unspecified atom stereocenters. The second-order valence-electron chi connectivity index (χ2n) is 6.23. The van der Waals surface area contributed by atoms with E-state index in [-0.39, 0.29) is 36.2 Å². The van der Waals surface area contributed by atoms with Crippen LogP contribution in [-0.2, 0) is 23.8 Å². The van der Waals surface area contributed by atoms with Gasteiger partial charge in [-0.1, -0.05) is 12.1 Å². The first-order valence-electron chi connectivity index (χ1n) is 8.62. The van der Waals surface area contributed by atoms with Gasteiger partial charge in [-0.25, -0.2) is 9.59 Å². The summed E-state index contributed by atoms with van der Waals surface area (Å²) in [6.45, 7) is 3.65. The summed E-state index contributed by atoms with van der Waals surface area (Å²) in [6.07, 6.45) is 2.45. The van der Waals surface area contributed by atoms with Crippen molar-refractivity contribution in [3.8, 4) is 0 Å². The molecule has 1 aliphatic rings. The number of methoxy groups -OCH3 is 1. The third-order valence-corrected chi connectivity index (χ3v) is 3.85. The van der Waals surface area contributed by atoms with E-state index in [1.54, 1.807) is 19.9 Å². The number of ether oxygens (including phenoxy) is 3. The third kappa shape index (κ3) is 5.17. The Bertz CT molecular complexity index is 814. The van der Waals surface area contributed by atoms with Crippen molar-refractivity contribution >= 4 is 17.6 Å². The Morgan fingerprint density at radius 3 is 2.46 bits per heavy atom. The number of esters is 2. The predicted octanol–water partition coefficient (Wildman–Crippen LogP) is 2.19. The van der Waals surface area contributed by atoms with Crippen molar-refractivity contribution in [2.24, 2.45) is 0 Å². The van der Waals surface area contributed by atoms with Crippen molar-refractivity contribution in [2.45, 2.75) is 25.9 Å². The molecule has 0 saturated carbocycles. The summed E-state index contributed by atoms with van der Waals surface area (Å²) in [6, 6.07) is 5.76. The Hall–Kier alpha value is -3.20. The van der Waals surface area contributed by atoms with Crippen molar-refractivity contribution in [3.63, 3.8) is 0 Å². The van der Waals surface area contributed by atoms with Gasteiger partial charge in [0, 0.05) is 31.6 Å². The van der Waals surface area contributed by atoms with Crippen molar-refractivity contribution in [2.75, 3.05) is 20.3 Å². The van der Waals surface area contributed by atoms with E-state index < -0.39 is 22.8 Å². The Balaban J connectivity index is 2.43. The van der Waals surface area contributed by atoms with Crippen LogP contribution in [0.4, 0.5) is 5.69 Å². The summed E-state index contributed by atoms with van der Waals surface area (Å²) in [5.74, 6) is -2.17. The molecule has 0 aliphatic carbocycles. The largest absolute Gasteiger partial charge is 0.460 e. The third-order valence-electron chi connectivity index (χ3n) is 3.85. The fourth-order valence-electron chi connectivity index (χ4n) is 2.67. The number of nitro groups is 1. The smallest absolute Gasteiger partial charge is 0.336 e. The summed E-state index contributed by atoms with van der Waals surface area (Å²) in [5.41, 5.74) is 0.530. The van der Waals surface area contributed by atoms with Crippen LogP contribution in [0, 0.1) is 10.1 Å². The average Bonchev–Trinajstić information content (AvgIpc) is 2.67. The van der Waals surface area contributed by atoms with Crippen LogP contribution in [0.1, 0.15) is 25.3 Å². The first-order chi connectivity index (χ1) is 13.3. The van der Waals surface area contributed by atoms with Crippen molar-refractivity contribution in [3.05, 3.63) is 63.5 Å². The number of dihydropyridines is 1. The lowest BCUT2D eigenvalue weighted by atomic mass is 9.83. The maximum absolute atomic E-state index is 12.6. The molecule has 0 spiro atoms. The molecule has 1 heterocycles. The van der Waals surface area contributed by atoms with Crippen LogP contribution in [0.15, 0.2) is 47.8 Å². The second-order valence-corrected chi connectivity index (χ2v) is 6.23. The quantitative estimate of drug-likeness (QED) is 0.311. The summed E-state index contributed by atoms with van der Waals surface area (Å²) in [7, 11) is 1.48. The minimum Gasteiger partial charge on any atom is -0.460 e. The van der Waals surface area contributed by atoms with E-state index in [2.05, 4.69) is 5.32 Å². The Morgan fingerprint density at radius 2 is 1.86 bits per heavy atom. The van der Waals surface area contributed by atoms with Gasteiger partial charge in [0.25, 0.3) is 5.69 Å². The first-order valence-corrected chi connectivity index (χ1v) is 8.62. The van der Waals surface area contributed by atoms with Crippen LogP contribution in [0.25, 0.3) is 0 Å². The van der Waals surface area contributed by atoms with E-state index in [1.807, 2.05) is 0 Å². The molecule has 9 nitrogen and oxygen atoms in total. The molecule has 0 aromatic heterocycles. The van der Waals surface area contributed by atoms with Crippen LogP contribution in [0.3, 0.4) is 0 Å². The highest BCUT2D eigenvalue weighted by Crippen LogP contribution is 2.36. The predicted molar refractivity (Wildman–Crippen MR) is 99.2 cm³/mol. The van der Waals surface area contributed by atoms with Crippen LogP contribution < -0.4 is 5.32 Å². The van der Waals surface area contributed by atoms with E-state index in [0.29, 0.717) is 5.56 Å². The first kappa shape index (κ1) is 21.1. The molecule has 0 bridgehead atoms. The zero-order chi connectivity index (χ0) is 20.7. The lowest BCUT2D eigenvalue weighted by Gasteiger charge is -2.25. The van der Waals surface area contributed by atoms with Crippen LogP contribution >= 0.6 is 0 Å². The van der Waals surface area contributed by atoms with E-state index in [9.17, 15) is 19.7 Å². The molecule has 1 aliphatic heterocycles. The zero-order valence-corrected chi connectivity index (χ0v) is 15.8. The lowest BCUT2D eigenvalue weighted by Crippen LogP contribution is -2.28. The van der Waals surface area contributed by atoms with Crippen LogP contribution in [-0.4, -0.2) is 43.3 Å².